The predicted molar refractivity (Wildman–Crippen MR) is 79.6 cm³/mol. The van der Waals surface area contributed by atoms with Crippen LogP contribution in [0, 0.1) is 12.7 Å². The lowest BCUT2D eigenvalue weighted by Gasteiger charge is -2.41. The molecule has 1 atom stereocenters. The molecule has 1 aromatic rings. The van der Waals surface area contributed by atoms with E-state index in [2.05, 4.69) is 0 Å². The highest BCUT2D eigenvalue weighted by atomic mass is 35.5. The van der Waals surface area contributed by atoms with Crippen LogP contribution in [0.1, 0.15) is 19.4 Å². The Kier molecular flexibility index (Phi) is 4.63. The van der Waals surface area contributed by atoms with Crippen molar-refractivity contribution in [2.45, 2.75) is 37.4 Å². The van der Waals surface area contributed by atoms with Crippen molar-refractivity contribution in [2.75, 3.05) is 19.0 Å². The first-order chi connectivity index (χ1) is 9.65. The van der Waals surface area contributed by atoms with Gasteiger partial charge in [0, 0.05) is 19.0 Å². The number of halogens is 2. The molecule has 0 aliphatic carbocycles. The van der Waals surface area contributed by atoms with Crippen molar-refractivity contribution in [3.8, 4) is 0 Å². The molecule has 0 saturated carbocycles. The second kappa shape index (κ2) is 5.83. The Labute approximate surface area is 129 Å². The van der Waals surface area contributed by atoms with Crippen LogP contribution >= 0.6 is 11.6 Å². The maximum absolute atomic E-state index is 13.2. The Bertz CT molecular complexity index is 633. The summed E-state index contributed by atoms with van der Waals surface area (Å²) >= 11 is 5.83. The molecule has 1 aromatic carbocycles. The molecule has 0 N–H and O–H groups in total. The largest absolute Gasteiger partial charge is 0.368 e. The molecular weight excluding hydrogens is 317 g/mol. The van der Waals surface area contributed by atoms with Gasteiger partial charge in [0.2, 0.25) is 10.0 Å². The number of alkyl halides is 1. The normalized spacial score (nSPS) is 23.2. The highest BCUT2D eigenvalue weighted by molar-refractivity contribution is 7.89. The zero-order chi connectivity index (χ0) is 15.8. The fraction of sp³-hybridized carbons (Fsp3) is 0.571. The smallest absolute Gasteiger partial charge is 0.243 e. The van der Waals surface area contributed by atoms with Crippen molar-refractivity contribution in [3.63, 3.8) is 0 Å². The van der Waals surface area contributed by atoms with E-state index in [4.69, 9.17) is 16.3 Å². The summed E-state index contributed by atoms with van der Waals surface area (Å²) in [6.07, 6.45) is -0.356. The lowest BCUT2D eigenvalue weighted by atomic mass is 10.1. The third kappa shape index (κ3) is 3.56. The summed E-state index contributed by atoms with van der Waals surface area (Å²) in [5.41, 5.74) is -0.222. The van der Waals surface area contributed by atoms with Crippen LogP contribution in [0.15, 0.2) is 23.1 Å². The van der Waals surface area contributed by atoms with Crippen molar-refractivity contribution >= 4 is 21.6 Å². The molecule has 1 unspecified atom stereocenters. The maximum atomic E-state index is 13.2. The molecule has 1 aliphatic rings. The van der Waals surface area contributed by atoms with Crippen molar-refractivity contribution < 1.29 is 17.5 Å². The minimum atomic E-state index is -3.70. The summed E-state index contributed by atoms with van der Waals surface area (Å²) in [7, 11) is -3.70. The van der Waals surface area contributed by atoms with Gasteiger partial charge in [0.1, 0.15) is 5.82 Å². The lowest BCUT2D eigenvalue weighted by Crippen LogP contribution is -2.55. The number of ether oxygens (including phenoxy) is 1. The molecular formula is C14H19ClFNO3S. The number of aryl methyl sites for hydroxylation is 1. The Morgan fingerprint density at radius 3 is 2.71 bits per heavy atom. The summed E-state index contributed by atoms with van der Waals surface area (Å²) in [6, 6.07) is 3.68. The summed E-state index contributed by atoms with van der Waals surface area (Å²) in [4.78, 5) is 0.120. The van der Waals surface area contributed by atoms with Gasteiger partial charge in [-0.3, -0.25) is 0 Å². The third-order valence-electron chi connectivity index (χ3n) is 3.38. The van der Waals surface area contributed by atoms with Crippen LogP contribution in [0.25, 0.3) is 0 Å². The van der Waals surface area contributed by atoms with Gasteiger partial charge in [-0.2, -0.15) is 4.31 Å². The second-order valence-corrected chi connectivity index (χ2v) is 8.08. The third-order valence-corrected chi connectivity index (χ3v) is 5.69. The van der Waals surface area contributed by atoms with E-state index in [-0.39, 0.29) is 30.0 Å². The molecule has 0 spiro atoms. The van der Waals surface area contributed by atoms with Crippen LogP contribution < -0.4 is 0 Å². The van der Waals surface area contributed by atoms with Gasteiger partial charge in [-0.25, -0.2) is 12.8 Å². The maximum Gasteiger partial charge on any atom is 0.243 e. The SMILES string of the molecule is Cc1cc(F)ccc1S(=O)(=O)N1CC(CCl)OC(C)(C)C1. The molecule has 118 valence electrons. The number of sulfonamides is 1. The van der Waals surface area contributed by atoms with Crippen LogP contribution in [0.2, 0.25) is 0 Å². The zero-order valence-electron chi connectivity index (χ0n) is 12.3. The van der Waals surface area contributed by atoms with Gasteiger partial charge in [-0.15, -0.1) is 11.6 Å². The van der Waals surface area contributed by atoms with Crippen LogP contribution in [0.5, 0.6) is 0 Å². The van der Waals surface area contributed by atoms with Gasteiger partial charge in [0.15, 0.2) is 0 Å². The molecule has 0 aromatic heterocycles. The molecule has 21 heavy (non-hydrogen) atoms. The molecule has 1 saturated heterocycles. The van der Waals surface area contributed by atoms with Crippen molar-refractivity contribution in [1.29, 1.82) is 0 Å². The molecule has 1 aliphatic heterocycles. The number of hydrogen-bond acceptors (Lipinski definition) is 3. The van der Waals surface area contributed by atoms with E-state index in [1.54, 1.807) is 6.92 Å². The highest BCUT2D eigenvalue weighted by Gasteiger charge is 2.39. The minimum Gasteiger partial charge on any atom is -0.368 e. The van der Waals surface area contributed by atoms with E-state index in [1.807, 2.05) is 13.8 Å². The topological polar surface area (TPSA) is 46.6 Å². The van der Waals surface area contributed by atoms with Crippen molar-refractivity contribution in [3.05, 3.63) is 29.6 Å². The van der Waals surface area contributed by atoms with Crippen molar-refractivity contribution in [2.24, 2.45) is 0 Å². The quantitative estimate of drug-likeness (QED) is 0.797. The van der Waals surface area contributed by atoms with Gasteiger partial charge in [-0.05, 0) is 44.5 Å². The highest BCUT2D eigenvalue weighted by Crippen LogP contribution is 2.28. The Morgan fingerprint density at radius 2 is 2.14 bits per heavy atom. The molecule has 7 heteroatoms. The van der Waals surface area contributed by atoms with E-state index in [9.17, 15) is 12.8 Å². The summed E-state index contributed by atoms with van der Waals surface area (Å²) in [5, 5.41) is 0. The average Bonchev–Trinajstić information content (AvgIpc) is 2.36. The second-order valence-electron chi connectivity index (χ2n) is 5.86. The van der Waals surface area contributed by atoms with Crippen LogP contribution in [-0.2, 0) is 14.8 Å². The number of rotatable bonds is 3. The number of benzene rings is 1. The predicted octanol–water partition coefficient (Wildman–Crippen LogP) is 2.54. The van der Waals surface area contributed by atoms with Gasteiger partial charge >= 0.3 is 0 Å². The first kappa shape index (κ1) is 16.7. The Morgan fingerprint density at radius 1 is 1.48 bits per heavy atom. The van der Waals surface area contributed by atoms with E-state index in [0.717, 1.165) is 6.07 Å². The molecule has 1 fully saturated rings. The fourth-order valence-corrected chi connectivity index (χ4v) is 4.53. The van der Waals surface area contributed by atoms with Crippen LogP contribution in [0.3, 0.4) is 0 Å². The first-order valence-electron chi connectivity index (χ1n) is 6.66. The first-order valence-corrected chi connectivity index (χ1v) is 8.63. The molecule has 0 bridgehead atoms. The zero-order valence-corrected chi connectivity index (χ0v) is 13.8. The number of nitrogens with zero attached hydrogens (tertiary/aromatic N) is 1. The van der Waals surface area contributed by atoms with E-state index < -0.39 is 21.4 Å². The lowest BCUT2D eigenvalue weighted by molar-refractivity contribution is -0.107. The van der Waals surface area contributed by atoms with Gasteiger partial charge in [0.25, 0.3) is 0 Å². The Hall–Kier alpha value is -0.690. The van der Waals surface area contributed by atoms with Crippen LogP contribution in [-0.4, -0.2) is 43.4 Å². The molecule has 0 radical (unpaired) electrons. The average molecular weight is 336 g/mol. The number of morpholine rings is 1. The summed E-state index contributed by atoms with van der Waals surface area (Å²) in [6.45, 7) is 5.67. The molecule has 1 heterocycles. The fourth-order valence-electron chi connectivity index (χ4n) is 2.55. The van der Waals surface area contributed by atoms with Crippen LogP contribution in [0.4, 0.5) is 4.39 Å². The molecule has 0 amide bonds. The molecule has 4 nitrogen and oxygen atoms in total. The van der Waals surface area contributed by atoms with E-state index in [0.29, 0.717) is 5.56 Å². The standard InChI is InChI=1S/C14H19ClFNO3S/c1-10-6-11(16)4-5-13(10)21(18,19)17-8-12(7-15)20-14(2,3)9-17/h4-6,12H,7-9H2,1-3H3. The number of hydrogen-bond donors (Lipinski definition) is 0. The van der Waals surface area contributed by atoms with E-state index >= 15 is 0 Å². The van der Waals surface area contributed by atoms with Gasteiger partial charge < -0.3 is 4.74 Å². The minimum absolute atomic E-state index is 0.120. The van der Waals surface area contributed by atoms with Gasteiger partial charge in [0.05, 0.1) is 16.6 Å². The van der Waals surface area contributed by atoms with Crippen molar-refractivity contribution in [1.82, 2.24) is 4.31 Å². The van der Waals surface area contributed by atoms with Gasteiger partial charge in [-0.1, -0.05) is 0 Å². The Balaban J connectivity index is 2.38. The molecule has 2 rings (SSSR count). The summed E-state index contributed by atoms with van der Waals surface area (Å²) in [5.74, 6) is -0.231. The van der Waals surface area contributed by atoms with E-state index in [1.165, 1.54) is 16.4 Å². The summed E-state index contributed by atoms with van der Waals surface area (Å²) < 4.78 is 45.8. The monoisotopic (exact) mass is 335 g/mol.